The Morgan fingerprint density at radius 1 is 1.16 bits per heavy atom. The first-order valence-corrected chi connectivity index (χ1v) is 11.1. The van der Waals surface area contributed by atoms with Crippen LogP contribution in [-0.4, -0.2) is 35.5 Å². The molecule has 0 radical (unpaired) electrons. The first kappa shape index (κ1) is 21.7. The Kier molecular flexibility index (Phi) is 6.94. The number of guanidine groups is 1. The number of ether oxygens (including phenoxy) is 2. The number of rotatable bonds is 8. The van der Waals surface area contributed by atoms with Gasteiger partial charge in [-0.15, -0.1) is 0 Å². The highest BCUT2D eigenvalue weighted by atomic mass is 16.5. The van der Waals surface area contributed by atoms with Gasteiger partial charge in [0.25, 0.3) is 0 Å². The summed E-state index contributed by atoms with van der Waals surface area (Å²) < 4.78 is 13.8. The van der Waals surface area contributed by atoms with Crippen LogP contribution in [0.15, 0.2) is 59.9 Å². The summed E-state index contributed by atoms with van der Waals surface area (Å²) >= 11 is 0. The van der Waals surface area contributed by atoms with Crippen molar-refractivity contribution in [1.29, 1.82) is 0 Å². The fourth-order valence-corrected chi connectivity index (χ4v) is 3.94. The van der Waals surface area contributed by atoms with Crippen molar-refractivity contribution in [1.82, 2.24) is 20.4 Å². The van der Waals surface area contributed by atoms with Crippen LogP contribution >= 0.6 is 0 Å². The van der Waals surface area contributed by atoms with E-state index in [4.69, 9.17) is 9.47 Å². The molecule has 1 atom stereocenters. The van der Waals surface area contributed by atoms with Crippen LogP contribution in [0.5, 0.6) is 11.5 Å². The smallest absolute Gasteiger partial charge is 0.191 e. The monoisotopic (exact) mass is 433 g/mol. The maximum atomic E-state index is 5.94. The Bertz CT molecular complexity index is 1060. The Balaban J connectivity index is 1.40. The molecule has 2 heterocycles. The van der Waals surface area contributed by atoms with Gasteiger partial charge in [-0.1, -0.05) is 24.3 Å². The molecule has 7 heteroatoms. The molecule has 168 valence electrons. The molecular weight excluding hydrogens is 402 g/mol. The lowest BCUT2D eigenvalue weighted by molar-refractivity contribution is 0.254. The third-order valence-corrected chi connectivity index (χ3v) is 5.51. The molecular formula is C25H31N5O2. The lowest BCUT2D eigenvalue weighted by Gasteiger charge is -2.16. The molecule has 0 bridgehead atoms. The average molecular weight is 434 g/mol. The van der Waals surface area contributed by atoms with Gasteiger partial charge in [-0.05, 0) is 43.2 Å². The molecule has 0 aliphatic carbocycles. The maximum absolute atomic E-state index is 5.94. The van der Waals surface area contributed by atoms with Gasteiger partial charge in [0.05, 0.1) is 13.2 Å². The second-order valence-corrected chi connectivity index (χ2v) is 7.88. The molecule has 0 fully saturated rings. The molecule has 0 amide bonds. The summed E-state index contributed by atoms with van der Waals surface area (Å²) in [7, 11) is 1.78. The lowest BCUT2D eigenvalue weighted by Crippen LogP contribution is -2.36. The number of nitrogens with zero attached hydrogens (tertiary/aromatic N) is 3. The summed E-state index contributed by atoms with van der Waals surface area (Å²) in [6.45, 7) is 6.72. The van der Waals surface area contributed by atoms with E-state index in [1.54, 1.807) is 13.2 Å². The van der Waals surface area contributed by atoms with E-state index < -0.39 is 0 Å². The highest BCUT2D eigenvalue weighted by molar-refractivity contribution is 5.79. The zero-order valence-corrected chi connectivity index (χ0v) is 19.0. The van der Waals surface area contributed by atoms with E-state index in [2.05, 4.69) is 64.0 Å². The maximum Gasteiger partial charge on any atom is 0.191 e. The predicted molar refractivity (Wildman–Crippen MR) is 126 cm³/mol. The fraction of sp³-hybridized carbons (Fsp3) is 0.360. The van der Waals surface area contributed by atoms with E-state index in [9.17, 15) is 0 Å². The van der Waals surface area contributed by atoms with E-state index in [1.165, 1.54) is 16.7 Å². The van der Waals surface area contributed by atoms with Gasteiger partial charge in [0.1, 0.15) is 17.6 Å². The third-order valence-electron chi connectivity index (χ3n) is 5.51. The van der Waals surface area contributed by atoms with Crippen LogP contribution in [0.2, 0.25) is 0 Å². The normalized spacial score (nSPS) is 15.2. The van der Waals surface area contributed by atoms with E-state index in [0.717, 1.165) is 36.0 Å². The van der Waals surface area contributed by atoms with Crippen molar-refractivity contribution in [2.24, 2.45) is 4.99 Å². The summed E-state index contributed by atoms with van der Waals surface area (Å²) in [6.07, 6.45) is 4.90. The van der Waals surface area contributed by atoms with Crippen molar-refractivity contribution in [3.8, 4) is 11.5 Å². The Morgan fingerprint density at radius 2 is 1.94 bits per heavy atom. The molecule has 3 aromatic rings. The number of hydrogen-bond donors (Lipinski definition) is 2. The first-order valence-electron chi connectivity index (χ1n) is 11.1. The third kappa shape index (κ3) is 5.22. The number of benzene rings is 2. The van der Waals surface area contributed by atoms with Gasteiger partial charge in [-0.25, -0.2) is 0 Å². The SMILES string of the molecule is CCOc1cc2c(cc1CNC(=NC)NCc1ccccc1Cn1cccn1)OC(C)C2. The van der Waals surface area contributed by atoms with Crippen LogP contribution in [0.25, 0.3) is 0 Å². The van der Waals surface area contributed by atoms with Crippen LogP contribution in [0.4, 0.5) is 0 Å². The highest BCUT2D eigenvalue weighted by Gasteiger charge is 2.22. The number of hydrogen-bond acceptors (Lipinski definition) is 4. The Labute approximate surface area is 189 Å². The minimum Gasteiger partial charge on any atom is -0.494 e. The number of aromatic nitrogens is 2. The Morgan fingerprint density at radius 3 is 2.66 bits per heavy atom. The van der Waals surface area contributed by atoms with E-state index in [-0.39, 0.29) is 6.10 Å². The van der Waals surface area contributed by atoms with Crippen molar-refractivity contribution in [3.63, 3.8) is 0 Å². The molecule has 4 rings (SSSR count). The van der Waals surface area contributed by atoms with E-state index >= 15 is 0 Å². The van der Waals surface area contributed by atoms with E-state index in [1.807, 2.05) is 23.9 Å². The van der Waals surface area contributed by atoms with Crippen molar-refractivity contribution in [3.05, 3.63) is 77.1 Å². The second-order valence-electron chi connectivity index (χ2n) is 7.88. The van der Waals surface area contributed by atoms with Crippen molar-refractivity contribution < 1.29 is 9.47 Å². The van der Waals surface area contributed by atoms with Gasteiger partial charge in [-0.2, -0.15) is 5.10 Å². The largest absolute Gasteiger partial charge is 0.494 e. The molecule has 1 unspecified atom stereocenters. The molecule has 1 aromatic heterocycles. The van der Waals surface area contributed by atoms with Crippen LogP contribution in [0.1, 0.15) is 36.1 Å². The number of fused-ring (bicyclic) bond motifs is 1. The summed E-state index contributed by atoms with van der Waals surface area (Å²) in [6, 6.07) is 14.5. The van der Waals surface area contributed by atoms with Crippen LogP contribution < -0.4 is 20.1 Å². The predicted octanol–water partition coefficient (Wildman–Crippen LogP) is 3.52. The molecule has 2 aromatic carbocycles. The minimum absolute atomic E-state index is 0.207. The zero-order valence-electron chi connectivity index (χ0n) is 19.0. The van der Waals surface area contributed by atoms with Crippen LogP contribution in [-0.2, 0) is 26.1 Å². The summed E-state index contributed by atoms with van der Waals surface area (Å²) in [5.41, 5.74) is 4.70. The molecule has 1 aliphatic heterocycles. The number of nitrogens with one attached hydrogen (secondary N) is 2. The molecule has 0 saturated heterocycles. The highest BCUT2D eigenvalue weighted by Crippen LogP contribution is 2.35. The van der Waals surface area contributed by atoms with Gasteiger partial charge in [0.2, 0.25) is 0 Å². The molecule has 7 nitrogen and oxygen atoms in total. The standard InChI is InChI=1S/C25H31N5O2/c1-4-31-23-13-21-12-18(2)32-24(21)14-22(23)16-28-25(26-3)27-15-19-8-5-6-9-20(19)17-30-11-7-10-29-30/h5-11,13-14,18H,4,12,15-17H2,1-3H3,(H2,26,27,28). The van der Waals surface area contributed by atoms with Crippen LogP contribution in [0, 0.1) is 0 Å². The molecule has 0 spiro atoms. The Hall–Kier alpha value is -3.48. The molecule has 32 heavy (non-hydrogen) atoms. The summed E-state index contributed by atoms with van der Waals surface area (Å²) in [5.74, 6) is 2.58. The number of aliphatic imine (C=N–C) groups is 1. The van der Waals surface area contributed by atoms with Gasteiger partial charge < -0.3 is 20.1 Å². The summed E-state index contributed by atoms with van der Waals surface area (Å²) in [5, 5.41) is 11.1. The molecule has 2 N–H and O–H groups in total. The minimum atomic E-state index is 0.207. The van der Waals surface area contributed by atoms with Gasteiger partial charge in [0, 0.05) is 50.1 Å². The second kappa shape index (κ2) is 10.2. The van der Waals surface area contributed by atoms with Gasteiger partial charge in [-0.3, -0.25) is 9.67 Å². The van der Waals surface area contributed by atoms with Crippen molar-refractivity contribution in [2.45, 2.75) is 46.0 Å². The van der Waals surface area contributed by atoms with Crippen LogP contribution in [0.3, 0.4) is 0 Å². The van der Waals surface area contributed by atoms with Gasteiger partial charge in [0.15, 0.2) is 5.96 Å². The average Bonchev–Trinajstić information content (AvgIpc) is 3.43. The fourth-order valence-electron chi connectivity index (χ4n) is 3.94. The quantitative estimate of drug-likeness (QED) is 0.420. The topological polar surface area (TPSA) is 72.7 Å². The van der Waals surface area contributed by atoms with Crippen molar-refractivity contribution >= 4 is 5.96 Å². The summed E-state index contributed by atoms with van der Waals surface area (Å²) in [4.78, 5) is 4.39. The lowest BCUT2D eigenvalue weighted by atomic mass is 10.1. The molecule has 0 saturated carbocycles. The first-order chi connectivity index (χ1) is 15.7. The molecule has 1 aliphatic rings. The van der Waals surface area contributed by atoms with Gasteiger partial charge >= 0.3 is 0 Å². The zero-order chi connectivity index (χ0) is 22.3. The van der Waals surface area contributed by atoms with E-state index in [0.29, 0.717) is 19.7 Å². The van der Waals surface area contributed by atoms with Crippen molar-refractivity contribution in [2.75, 3.05) is 13.7 Å².